The van der Waals surface area contributed by atoms with Crippen LogP contribution in [0.3, 0.4) is 0 Å². The maximum absolute atomic E-state index is 8.77. The predicted molar refractivity (Wildman–Crippen MR) is 169 cm³/mol. The van der Waals surface area contributed by atoms with Gasteiger partial charge in [0.05, 0.1) is 6.16 Å². The molecule has 0 unspecified atom stereocenters. The molecule has 0 amide bonds. The molecule has 202 valence electrons. The van der Waals surface area contributed by atoms with Crippen molar-refractivity contribution in [2.24, 2.45) is 0 Å². The standard InChI is InChI=1S/C34H30P.H3O4P/c1-2-3-25-35(32-22-10-16-26-13-4-7-19-29(26)32,33-23-11-17-27-14-5-8-20-30(27)33)34-24-12-18-28-15-6-9-21-31(28)34;1-5(2,3)4/h4-24H,2-3,25H2,1H3;(H3,1,2,3,4)/q+1;/p-1. The molecule has 6 rings (SSSR count). The van der Waals surface area contributed by atoms with Crippen molar-refractivity contribution >= 4 is 63.3 Å². The Kier molecular flexibility index (Phi) is 8.47. The van der Waals surface area contributed by atoms with E-state index in [4.69, 9.17) is 19.2 Å². The Bertz CT molecular complexity index is 1610. The van der Waals surface area contributed by atoms with Gasteiger partial charge >= 0.3 is 0 Å². The first-order valence-corrected chi connectivity index (χ1v) is 16.9. The van der Waals surface area contributed by atoms with E-state index < -0.39 is 15.1 Å². The average molecular weight is 567 g/mol. The number of rotatable bonds is 6. The second-order valence-electron chi connectivity index (χ2n) is 9.87. The molecule has 2 N–H and O–H groups in total. The number of hydrogen-bond donors (Lipinski definition) is 2. The fourth-order valence-corrected chi connectivity index (χ4v) is 10.9. The summed E-state index contributed by atoms with van der Waals surface area (Å²) in [6, 6.07) is 47.8. The molecule has 0 atom stereocenters. The maximum atomic E-state index is 8.77. The minimum atomic E-state index is -4.89. The molecule has 0 spiro atoms. The van der Waals surface area contributed by atoms with Crippen LogP contribution in [0.2, 0.25) is 0 Å². The minimum Gasteiger partial charge on any atom is -0.756 e. The van der Waals surface area contributed by atoms with E-state index in [1.165, 1.54) is 67.2 Å². The third-order valence-corrected chi connectivity index (χ3v) is 12.0. The van der Waals surface area contributed by atoms with Gasteiger partial charge in [-0.3, -0.25) is 4.57 Å². The number of fused-ring (bicyclic) bond motifs is 3. The van der Waals surface area contributed by atoms with Gasteiger partial charge in [-0.2, -0.15) is 0 Å². The zero-order valence-electron chi connectivity index (χ0n) is 22.4. The summed E-state index contributed by atoms with van der Waals surface area (Å²) >= 11 is 0. The second kappa shape index (κ2) is 12.0. The molecule has 0 saturated heterocycles. The van der Waals surface area contributed by atoms with E-state index in [2.05, 4.69) is 134 Å². The molecule has 0 heterocycles. The molecule has 0 fully saturated rings. The highest BCUT2D eigenvalue weighted by molar-refractivity contribution is 7.96. The number of hydrogen-bond acceptors (Lipinski definition) is 2. The highest BCUT2D eigenvalue weighted by Gasteiger charge is 2.47. The molecule has 0 aliphatic heterocycles. The SMILES string of the molecule is CCCC[P+](c1cccc2ccccc12)(c1cccc2ccccc12)c1cccc2ccccc12.O=P([O-])(O)O. The molecule has 0 aliphatic carbocycles. The van der Waals surface area contributed by atoms with E-state index in [-0.39, 0.29) is 0 Å². The Hall–Kier alpha value is -3.36. The van der Waals surface area contributed by atoms with Crippen molar-refractivity contribution in [2.45, 2.75) is 19.8 Å². The van der Waals surface area contributed by atoms with Crippen LogP contribution in [-0.4, -0.2) is 15.9 Å². The van der Waals surface area contributed by atoms with Crippen LogP contribution < -0.4 is 20.8 Å². The third kappa shape index (κ3) is 5.74. The van der Waals surface area contributed by atoms with E-state index in [9.17, 15) is 0 Å². The van der Waals surface area contributed by atoms with Gasteiger partial charge in [0.2, 0.25) is 0 Å². The van der Waals surface area contributed by atoms with Crippen molar-refractivity contribution in [1.29, 1.82) is 0 Å². The quantitative estimate of drug-likeness (QED) is 0.221. The van der Waals surface area contributed by atoms with E-state index in [0.29, 0.717) is 0 Å². The van der Waals surface area contributed by atoms with Gasteiger partial charge in [-0.05, 0) is 40.8 Å². The van der Waals surface area contributed by atoms with Crippen molar-refractivity contribution in [3.63, 3.8) is 0 Å². The minimum absolute atomic E-state index is 1.17. The Balaban J connectivity index is 0.000000595. The summed E-state index contributed by atoms with van der Waals surface area (Å²) in [6.07, 6.45) is 3.55. The Morgan fingerprint density at radius 2 is 0.875 bits per heavy atom. The third-order valence-electron chi connectivity index (χ3n) is 7.38. The van der Waals surface area contributed by atoms with Crippen LogP contribution in [0.5, 0.6) is 0 Å². The summed E-state index contributed by atoms with van der Waals surface area (Å²) in [7, 11) is -6.90. The first-order chi connectivity index (χ1) is 19.3. The molecule has 40 heavy (non-hydrogen) atoms. The van der Waals surface area contributed by atoms with Crippen molar-refractivity contribution in [3.8, 4) is 0 Å². The van der Waals surface area contributed by atoms with E-state index in [0.717, 1.165) is 0 Å². The highest BCUT2D eigenvalue weighted by atomic mass is 31.2. The molecule has 4 nitrogen and oxygen atoms in total. The van der Waals surface area contributed by atoms with Gasteiger partial charge in [-0.1, -0.05) is 123 Å². The Morgan fingerprint density at radius 3 is 1.20 bits per heavy atom. The molecule has 0 saturated carbocycles. The van der Waals surface area contributed by atoms with Gasteiger partial charge in [-0.25, -0.2) is 0 Å². The molecule has 6 heteroatoms. The van der Waals surface area contributed by atoms with Crippen LogP contribution in [0, 0.1) is 0 Å². The average Bonchev–Trinajstić information content (AvgIpc) is 2.97. The van der Waals surface area contributed by atoms with E-state index in [1.807, 2.05) is 0 Å². The fourth-order valence-electron chi connectivity index (χ4n) is 5.77. The Labute approximate surface area is 235 Å². The predicted octanol–water partition coefficient (Wildman–Crippen LogP) is 6.68. The molecule has 0 aliphatic rings. The van der Waals surface area contributed by atoms with Crippen molar-refractivity contribution in [3.05, 3.63) is 127 Å². The summed E-state index contributed by atoms with van der Waals surface area (Å²) in [5, 5.41) is 12.7. The molecule has 0 radical (unpaired) electrons. The van der Waals surface area contributed by atoms with Crippen molar-refractivity contribution in [2.75, 3.05) is 6.16 Å². The summed E-state index contributed by atoms with van der Waals surface area (Å²) in [5.41, 5.74) is 0. The van der Waals surface area contributed by atoms with E-state index in [1.54, 1.807) is 0 Å². The zero-order valence-corrected chi connectivity index (χ0v) is 24.1. The van der Waals surface area contributed by atoms with Crippen LogP contribution in [0.15, 0.2) is 127 Å². The van der Waals surface area contributed by atoms with Gasteiger partial charge < -0.3 is 14.7 Å². The lowest BCUT2D eigenvalue weighted by atomic mass is 10.1. The number of unbranched alkanes of at least 4 members (excludes halogenated alkanes) is 1. The second-order valence-corrected chi connectivity index (χ2v) is 14.4. The molecule has 6 aromatic rings. The molecular formula is C34H32O4P2. The summed E-state index contributed by atoms with van der Waals surface area (Å²) in [4.78, 5) is 22.9. The number of benzene rings is 6. The van der Waals surface area contributed by atoms with Gasteiger partial charge in [0.25, 0.3) is 7.82 Å². The summed E-state index contributed by atoms with van der Waals surface area (Å²) in [6.45, 7) is 2.32. The molecule has 6 aromatic carbocycles. The van der Waals surface area contributed by atoms with Gasteiger partial charge in [0.15, 0.2) is 0 Å². The van der Waals surface area contributed by atoms with Crippen molar-refractivity contribution in [1.82, 2.24) is 0 Å². The van der Waals surface area contributed by atoms with Gasteiger partial charge in [0.1, 0.15) is 23.2 Å². The largest absolute Gasteiger partial charge is 0.756 e. The summed E-state index contributed by atoms with van der Waals surface area (Å²) < 4.78 is 8.77. The Morgan fingerprint density at radius 1 is 0.575 bits per heavy atom. The van der Waals surface area contributed by atoms with Crippen LogP contribution in [-0.2, 0) is 4.57 Å². The zero-order chi connectivity index (χ0) is 28.2. The molecule has 0 bridgehead atoms. The van der Waals surface area contributed by atoms with E-state index >= 15 is 0 Å². The molecule has 0 aromatic heterocycles. The fraction of sp³-hybridized carbons (Fsp3) is 0.118. The van der Waals surface area contributed by atoms with Crippen LogP contribution in [0.4, 0.5) is 0 Å². The van der Waals surface area contributed by atoms with Gasteiger partial charge in [0, 0.05) is 16.2 Å². The summed E-state index contributed by atoms with van der Waals surface area (Å²) in [5.74, 6) is 0. The normalized spacial score (nSPS) is 11.9. The van der Waals surface area contributed by atoms with Crippen molar-refractivity contribution < 1.29 is 19.2 Å². The molecular weight excluding hydrogens is 534 g/mol. The lowest BCUT2D eigenvalue weighted by molar-refractivity contribution is -0.214. The van der Waals surface area contributed by atoms with Crippen LogP contribution in [0.25, 0.3) is 32.3 Å². The maximum Gasteiger partial charge on any atom is 0.262 e. The highest BCUT2D eigenvalue weighted by Crippen LogP contribution is 2.59. The lowest BCUT2D eigenvalue weighted by Gasteiger charge is -2.30. The smallest absolute Gasteiger partial charge is 0.262 e. The first-order valence-electron chi connectivity index (χ1n) is 13.4. The van der Waals surface area contributed by atoms with Crippen LogP contribution in [0.1, 0.15) is 19.8 Å². The number of phosphoric acid groups is 1. The lowest BCUT2D eigenvalue weighted by Crippen LogP contribution is -2.34. The van der Waals surface area contributed by atoms with Crippen LogP contribution >= 0.6 is 15.1 Å². The van der Waals surface area contributed by atoms with Gasteiger partial charge in [-0.15, -0.1) is 0 Å². The monoisotopic (exact) mass is 566 g/mol. The first kappa shape index (κ1) is 28.2. The topological polar surface area (TPSA) is 80.6 Å².